The van der Waals surface area contributed by atoms with Crippen LogP contribution in [0.15, 0.2) is 24.3 Å². The van der Waals surface area contributed by atoms with Crippen molar-refractivity contribution in [3.8, 4) is 0 Å². The Balaban J connectivity index is 1.91. The number of benzene rings is 1. The number of hydrogen-bond donors (Lipinski definition) is 2. The van der Waals surface area contributed by atoms with Crippen LogP contribution in [0.1, 0.15) is 49.5 Å². The molecule has 1 aliphatic heterocycles. The number of nitrogens with zero attached hydrogens (tertiary/aromatic N) is 1. The predicted octanol–water partition coefficient (Wildman–Crippen LogP) is 1.45. The van der Waals surface area contributed by atoms with Crippen molar-refractivity contribution < 1.29 is 14.4 Å². The van der Waals surface area contributed by atoms with E-state index < -0.39 is 0 Å². The molecular weight excluding hydrogens is 306 g/mol. The van der Waals surface area contributed by atoms with Gasteiger partial charge in [0.15, 0.2) is 0 Å². The highest BCUT2D eigenvalue weighted by atomic mass is 16.2. The monoisotopic (exact) mass is 331 g/mol. The van der Waals surface area contributed by atoms with Crippen molar-refractivity contribution in [1.82, 2.24) is 15.5 Å². The highest BCUT2D eigenvalue weighted by Crippen LogP contribution is 2.15. The Morgan fingerprint density at radius 2 is 2.00 bits per heavy atom. The van der Waals surface area contributed by atoms with E-state index in [1.165, 1.54) is 0 Å². The van der Waals surface area contributed by atoms with Crippen molar-refractivity contribution in [3.05, 3.63) is 35.4 Å². The van der Waals surface area contributed by atoms with Gasteiger partial charge in [-0.25, -0.2) is 0 Å². The fourth-order valence-corrected chi connectivity index (χ4v) is 2.63. The number of rotatable bonds is 5. The molecule has 0 atom stereocenters. The first kappa shape index (κ1) is 18.0. The van der Waals surface area contributed by atoms with Crippen LogP contribution in [0, 0.1) is 0 Å². The fourth-order valence-electron chi connectivity index (χ4n) is 2.63. The van der Waals surface area contributed by atoms with Gasteiger partial charge in [-0.1, -0.05) is 12.1 Å². The Morgan fingerprint density at radius 1 is 1.25 bits per heavy atom. The highest BCUT2D eigenvalue weighted by molar-refractivity contribution is 5.96. The number of nitrogens with one attached hydrogen (secondary N) is 2. The van der Waals surface area contributed by atoms with Gasteiger partial charge >= 0.3 is 0 Å². The van der Waals surface area contributed by atoms with Gasteiger partial charge in [0.2, 0.25) is 11.8 Å². The average molecular weight is 331 g/mol. The Kier molecular flexibility index (Phi) is 5.59. The van der Waals surface area contributed by atoms with Gasteiger partial charge in [-0.05, 0) is 44.9 Å². The molecule has 24 heavy (non-hydrogen) atoms. The topological polar surface area (TPSA) is 78.5 Å². The molecule has 6 nitrogen and oxygen atoms in total. The summed E-state index contributed by atoms with van der Waals surface area (Å²) in [6.45, 7) is 6.87. The molecule has 2 N–H and O–H groups in total. The summed E-state index contributed by atoms with van der Waals surface area (Å²) in [6.07, 6.45) is 1.49. The zero-order valence-electron chi connectivity index (χ0n) is 14.5. The normalized spacial score (nSPS) is 14.6. The molecule has 0 saturated carbocycles. The lowest BCUT2D eigenvalue weighted by molar-refractivity contribution is -0.128. The van der Waals surface area contributed by atoms with Gasteiger partial charge in [-0.2, -0.15) is 0 Å². The summed E-state index contributed by atoms with van der Waals surface area (Å²) in [4.78, 5) is 37.4. The van der Waals surface area contributed by atoms with Gasteiger partial charge in [0.05, 0.1) is 6.54 Å². The summed E-state index contributed by atoms with van der Waals surface area (Å²) in [7, 11) is 0. The minimum absolute atomic E-state index is 0.0645. The van der Waals surface area contributed by atoms with Gasteiger partial charge in [-0.3, -0.25) is 14.4 Å². The van der Waals surface area contributed by atoms with E-state index in [9.17, 15) is 14.4 Å². The first-order valence-electron chi connectivity index (χ1n) is 8.20. The highest BCUT2D eigenvalue weighted by Gasteiger charge is 2.20. The number of amides is 3. The van der Waals surface area contributed by atoms with Gasteiger partial charge in [-0.15, -0.1) is 0 Å². The first-order chi connectivity index (χ1) is 11.2. The smallest absolute Gasteiger partial charge is 0.251 e. The zero-order valence-corrected chi connectivity index (χ0v) is 14.5. The molecule has 0 unspecified atom stereocenters. The molecule has 1 aliphatic rings. The molecule has 3 amide bonds. The van der Waals surface area contributed by atoms with Crippen molar-refractivity contribution in [2.45, 2.75) is 45.7 Å². The predicted molar refractivity (Wildman–Crippen MR) is 91.3 cm³/mol. The van der Waals surface area contributed by atoms with Crippen LogP contribution in [0.2, 0.25) is 0 Å². The van der Waals surface area contributed by atoms with Gasteiger partial charge in [0.25, 0.3) is 5.91 Å². The van der Waals surface area contributed by atoms with Crippen LogP contribution in [-0.2, 0) is 16.1 Å². The molecule has 130 valence electrons. The van der Waals surface area contributed by atoms with Crippen LogP contribution in [-0.4, -0.2) is 41.2 Å². The minimum Gasteiger partial charge on any atom is -0.350 e. The van der Waals surface area contributed by atoms with E-state index in [0.717, 1.165) is 18.5 Å². The lowest BCUT2D eigenvalue weighted by Gasteiger charge is -2.20. The Hall–Kier alpha value is -2.37. The summed E-state index contributed by atoms with van der Waals surface area (Å²) in [6, 6.07) is 7.16. The molecule has 2 rings (SSSR count). The molecule has 0 radical (unpaired) electrons. The maximum Gasteiger partial charge on any atom is 0.251 e. The van der Waals surface area contributed by atoms with Crippen molar-refractivity contribution in [1.29, 1.82) is 0 Å². The Labute approximate surface area is 142 Å². The van der Waals surface area contributed by atoms with Crippen molar-refractivity contribution in [3.63, 3.8) is 0 Å². The zero-order chi connectivity index (χ0) is 17.7. The van der Waals surface area contributed by atoms with Crippen LogP contribution < -0.4 is 10.6 Å². The largest absolute Gasteiger partial charge is 0.350 e. The van der Waals surface area contributed by atoms with E-state index in [0.29, 0.717) is 18.5 Å². The van der Waals surface area contributed by atoms with Crippen molar-refractivity contribution in [2.24, 2.45) is 0 Å². The first-order valence-corrected chi connectivity index (χ1v) is 8.20. The maximum atomic E-state index is 12.2. The third-order valence-electron chi connectivity index (χ3n) is 3.66. The van der Waals surface area contributed by atoms with Crippen molar-refractivity contribution >= 4 is 17.7 Å². The van der Waals surface area contributed by atoms with Crippen LogP contribution >= 0.6 is 0 Å². The molecule has 1 aromatic carbocycles. The molecule has 0 spiro atoms. The van der Waals surface area contributed by atoms with Crippen molar-refractivity contribution in [2.75, 3.05) is 13.1 Å². The lowest BCUT2D eigenvalue weighted by Crippen LogP contribution is -2.45. The SMILES string of the molecule is CC(C)(C)NC(=O)CNC(=O)c1cccc(CN2CCCC2=O)c1. The average Bonchev–Trinajstić information content (AvgIpc) is 2.88. The number of carbonyl (C=O) groups excluding carboxylic acids is 3. The van der Waals surface area contributed by atoms with E-state index in [2.05, 4.69) is 10.6 Å². The number of hydrogen-bond acceptors (Lipinski definition) is 3. The molecule has 0 bridgehead atoms. The minimum atomic E-state index is -0.329. The summed E-state index contributed by atoms with van der Waals surface area (Å²) in [5, 5.41) is 5.41. The molecule has 0 aromatic heterocycles. The molecule has 1 aromatic rings. The Bertz CT molecular complexity index is 635. The molecule has 0 aliphatic carbocycles. The fraction of sp³-hybridized carbons (Fsp3) is 0.500. The molecular formula is C18H25N3O3. The second-order valence-corrected chi connectivity index (χ2v) is 7.10. The lowest BCUT2D eigenvalue weighted by atomic mass is 10.1. The van der Waals surface area contributed by atoms with Crippen LogP contribution in [0.3, 0.4) is 0 Å². The van der Waals surface area contributed by atoms with Gasteiger partial charge in [0.1, 0.15) is 0 Å². The summed E-state index contributed by atoms with van der Waals surface area (Å²) < 4.78 is 0. The van der Waals surface area contributed by atoms with E-state index >= 15 is 0 Å². The molecule has 1 heterocycles. The van der Waals surface area contributed by atoms with E-state index in [1.54, 1.807) is 23.1 Å². The Morgan fingerprint density at radius 3 is 2.62 bits per heavy atom. The molecule has 6 heteroatoms. The second-order valence-electron chi connectivity index (χ2n) is 7.10. The maximum absolute atomic E-state index is 12.2. The van der Waals surface area contributed by atoms with Crippen LogP contribution in [0.5, 0.6) is 0 Å². The standard InChI is InChI=1S/C18H25N3O3/c1-18(2,3)20-15(22)11-19-17(24)14-7-4-6-13(10-14)12-21-9-5-8-16(21)23/h4,6-7,10H,5,8-9,11-12H2,1-3H3,(H,19,24)(H,20,22). The van der Waals surface area contributed by atoms with Gasteiger partial charge < -0.3 is 15.5 Å². The molecule has 1 saturated heterocycles. The van der Waals surface area contributed by atoms with Crippen LogP contribution in [0.4, 0.5) is 0 Å². The number of carbonyl (C=O) groups is 3. The van der Waals surface area contributed by atoms with Crippen LogP contribution in [0.25, 0.3) is 0 Å². The van der Waals surface area contributed by atoms with E-state index in [1.807, 2.05) is 26.8 Å². The quantitative estimate of drug-likeness (QED) is 0.857. The molecule has 1 fully saturated rings. The summed E-state index contributed by atoms with van der Waals surface area (Å²) >= 11 is 0. The summed E-state index contributed by atoms with van der Waals surface area (Å²) in [5.41, 5.74) is 1.07. The second kappa shape index (κ2) is 7.47. The van der Waals surface area contributed by atoms with E-state index in [-0.39, 0.29) is 29.8 Å². The third kappa shape index (κ3) is 5.37. The summed E-state index contributed by atoms with van der Waals surface area (Å²) in [5.74, 6) is -0.368. The van der Waals surface area contributed by atoms with E-state index in [4.69, 9.17) is 0 Å². The third-order valence-corrected chi connectivity index (χ3v) is 3.66. The van der Waals surface area contributed by atoms with Gasteiger partial charge in [0, 0.05) is 30.6 Å². The number of likely N-dealkylation sites (tertiary alicyclic amines) is 1.